The molecule has 0 spiro atoms. The molecule has 21 heavy (non-hydrogen) atoms. The summed E-state index contributed by atoms with van der Waals surface area (Å²) in [4.78, 5) is 0. The van der Waals surface area contributed by atoms with E-state index in [1.807, 2.05) is 6.07 Å². The van der Waals surface area contributed by atoms with Crippen molar-refractivity contribution in [2.24, 2.45) is 0 Å². The van der Waals surface area contributed by atoms with Gasteiger partial charge in [0.1, 0.15) is 5.82 Å². The Balaban J connectivity index is 1.57. The summed E-state index contributed by atoms with van der Waals surface area (Å²) in [6.45, 7) is 2.16. The van der Waals surface area contributed by atoms with E-state index in [0.29, 0.717) is 12.6 Å². The van der Waals surface area contributed by atoms with Gasteiger partial charge in [-0.1, -0.05) is 12.1 Å². The summed E-state index contributed by atoms with van der Waals surface area (Å²) >= 11 is 0. The fourth-order valence-electron chi connectivity index (χ4n) is 2.70. The van der Waals surface area contributed by atoms with Crippen molar-refractivity contribution < 1.29 is 13.9 Å². The van der Waals surface area contributed by atoms with Crippen LogP contribution in [0.3, 0.4) is 0 Å². The lowest BCUT2D eigenvalue weighted by Gasteiger charge is -2.26. The second-order valence-corrected chi connectivity index (χ2v) is 6.05. The zero-order chi connectivity index (χ0) is 14.5. The van der Waals surface area contributed by atoms with Crippen LogP contribution in [-0.2, 0) is 9.47 Å². The van der Waals surface area contributed by atoms with Gasteiger partial charge in [-0.15, -0.1) is 0 Å². The Morgan fingerprint density at radius 2 is 2.19 bits per heavy atom. The Morgan fingerprint density at radius 1 is 1.29 bits per heavy atom. The fourth-order valence-corrected chi connectivity index (χ4v) is 2.70. The van der Waals surface area contributed by atoms with Crippen molar-refractivity contribution in [2.75, 3.05) is 19.8 Å². The van der Waals surface area contributed by atoms with Gasteiger partial charge in [-0.2, -0.15) is 0 Å². The molecule has 3 nitrogen and oxygen atoms in total. The first-order valence-electron chi connectivity index (χ1n) is 8.03. The van der Waals surface area contributed by atoms with E-state index in [9.17, 15) is 4.39 Å². The molecule has 1 saturated carbocycles. The maximum atomic E-state index is 13.4. The smallest absolute Gasteiger partial charge is 0.123 e. The van der Waals surface area contributed by atoms with E-state index in [0.717, 1.165) is 31.6 Å². The van der Waals surface area contributed by atoms with Crippen LogP contribution in [0.15, 0.2) is 24.3 Å². The molecule has 1 aromatic carbocycles. The number of benzene rings is 1. The lowest BCUT2D eigenvalue weighted by molar-refractivity contribution is -0.0634. The standard InChI is InChI=1S/C17H24FNO2/c18-14-5-3-4-13(10-14)17(11-19-15-7-8-15)21-12-16-6-1-2-9-20-16/h3-5,10,15-17,19H,1-2,6-9,11-12H2. The maximum Gasteiger partial charge on any atom is 0.123 e. The van der Waals surface area contributed by atoms with E-state index in [-0.39, 0.29) is 18.0 Å². The molecule has 1 N–H and O–H groups in total. The fraction of sp³-hybridized carbons (Fsp3) is 0.647. The molecule has 0 aromatic heterocycles. The van der Waals surface area contributed by atoms with Crippen LogP contribution >= 0.6 is 0 Å². The Morgan fingerprint density at radius 3 is 2.90 bits per heavy atom. The van der Waals surface area contributed by atoms with Crippen LogP contribution in [0.25, 0.3) is 0 Å². The molecule has 3 rings (SSSR count). The monoisotopic (exact) mass is 293 g/mol. The Bertz CT molecular complexity index is 444. The normalized spacial score (nSPS) is 24.0. The predicted octanol–water partition coefficient (Wildman–Crippen LogP) is 3.20. The molecular weight excluding hydrogens is 269 g/mol. The third-order valence-corrected chi connectivity index (χ3v) is 4.15. The van der Waals surface area contributed by atoms with Crippen molar-refractivity contribution in [1.29, 1.82) is 0 Å². The van der Waals surface area contributed by atoms with Crippen molar-refractivity contribution in [3.63, 3.8) is 0 Å². The zero-order valence-electron chi connectivity index (χ0n) is 12.4. The highest BCUT2D eigenvalue weighted by Gasteiger charge is 2.24. The molecular formula is C17H24FNO2. The van der Waals surface area contributed by atoms with Crippen molar-refractivity contribution in [3.8, 4) is 0 Å². The van der Waals surface area contributed by atoms with E-state index in [4.69, 9.17) is 9.47 Å². The van der Waals surface area contributed by atoms with E-state index in [2.05, 4.69) is 5.32 Å². The van der Waals surface area contributed by atoms with Crippen LogP contribution in [-0.4, -0.2) is 31.9 Å². The molecule has 4 heteroatoms. The highest BCUT2D eigenvalue weighted by atomic mass is 19.1. The summed E-state index contributed by atoms with van der Waals surface area (Å²) in [5.41, 5.74) is 0.902. The van der Waals surface area contributed by atoms with Crippen molar-refractivity contribution in [1.82, 2.24) is 5.32 Å². The van der Waals surface area contributed by atoms with Gasteiger partial charge in [-0.05, 0) is 49.8 Å². The summed E-state index contributed by atoms with van der Waals surface area (Å²) < 4.78 is 25.2. The van der Waals surface area contributed by atoms with Gasteiger partial charge in [0.25, 0.3) is 0 Å². The Kier molecular flexibility index (Phi) is 5.22. The SMILES string of the molecule is Fc1cccc(C(CNC2CC2)OCC2CCCCO2)c1. The quantitative estimate of drug-likeness (QED) is 0.837. The summed E-state index contributed by atoms with van der Waals surface area (Å²) in [5.74, 6) is -0.207. The van der Waals surface area contributed by atoms with Gasteiger partial charge in [0.15, 0.2) is 0 Å². The Labute approximate surface area is 125 Å². The molecule has 2 aliphatic rings. The summed E-state index contributed by atoms with van der Waals surface area (Å²) in [7, 11) is 0. The van der Waals surface area contributed by atoms with Gasteiger partial charge >= 0.3 is 0 Å². The first-order valence-corrected chi connectivity index (χ1v) is 8.03. The van der Waals surface area contributed by atoms with Gasteiger partial charge in [-0.25, -0.2) is 4.39 Å². The molecule has 1 saturated heterocycles. The number of ether oxygens (including phenoxy) is 2. The molecule has 2 unspecified atom stereocenters. The predicted molar refractivity (Wildman–Crippen MR) is 79.7 cm³/mol. The average Bonchev–Trinajstić information content (AvgIpc) is 3.32. The molecule has 116 valence electrons. The van der Waals surface area contributed by atoms with Crippen LogP contribution in [0.2, 0.25) is 0 Å². The molecule has 1 aliphatic heterocycles. The van der Waals surface area contributed by atoms with Gasteiger partial charge in [0.2, 0.25) is 0 Å². The first-order chi connectivity index (χ1) is 10.3. The largest absolute Gasteiger partial charge is 0.376 e. The lowest BCUT2D eigenvalue weighted by Crippen LogP contribution is -2.30. The number of hydrogen-bond acceptors (Lipinski definition) is 3. The van der Waals surface area contributed by atoms with Gasteiger partial charge in [-0.3, -0.25) is 0 Å². The van der Waals surface area contributed by atoms with E-state index >= 15 is 0 Å². The van der Waals surface area contributed by atoms with Crippen molar-refractivity contribution in [2.45, 2.75) is 50.4 Å². The third-order valence-electron chi connectivity index (χ3n) is 4.15. The number of halogens is 1. The number of nitrogens with one attached hydrogen (secondary N) is 1. The molecule has 2 fully saturated rings. The highest BCUT2D eigenvalue weighted by molar-refractivity contribution is 5.19. The van der Waals surface area contributed by atoms with E-state index < -0.39 is 0 Å². The molecule has 1 heterocycles. The second-order valence-electron chi connectivity index (χ2n) is 6.05. The van der Waals surface area contributed by atoms with Crippen molar-refractivity contribution >= 4 is 0 Å². The zero-order valence-corrected chi connectivity index (χ0v) is 12.4. The molecule has 0 amide bonds. The maximum absolute atomic E-state index is 13.4. The van der Waals surface area contributed by atoms with Crippen LogP contribution in [0.4, 0.5) is 4.39 Å². The topological polar surface area (TPSA) is 30.5 Å². The molecule has 1 aliphatic carbocycles. The first kappa shape index (κ1) is 14.9. The number of rotatable bonds is 7. The minimum Gasteiger partial charge on any atom is -0.376 e. The van der Waals surface area contributed by atoms with Gasteiger partial charge in [0, 0.05) is 19.2 Å². The van der Waals surface area contributed by atoms with Crippen LogP contribution in [0.5, 0.6) is 0 Å². The third kappa shape index (κ3) is 4.77. The minimum absolute atomic E-state index is 0.105. The van der Waals surface area contributed by atoms with Crippen molar-refractivity contribution in [3.05, 3.63) is 35.6 Å². The minimum atomic E-state index is -0.207. The molecule has 0 radical (unpaired) electrons. The van der Waals surface area contributed by atoms with E-state index in [1.165, 1.54) is 25.3 Å². The van der Waals surface area contributed by atoms with E-state index in [1.54, 1.807) is 12.1 Å². The molecule has 2 atom stereocenters. The van der Waals surface area contributed by atoms with Crippen LogP contribution in [0, 0.1) is 5.82 Å². The Hall–Kier alpha value is -0.970. The molecule has 1 aromatic rings. The molecule has 0 bridgehead atoms. The van der Waals surface area contributed by atoms with Gasteiger partial charge < -0.3 is 14.8 Å². The second kappa shape index (κ2) is 7.34. The van der Waals surface area contributed by atoms with Crippen LogP contribution in [0.1, 0.15) is 43.8 Å². The average molecular weight is 293 g/mol. The summed E-state index contributed by atoms with van der Waals surface area (Å²) in [6, 6.07) is 7.34. The summed E-state index contributed by atoms with van der Waals surface area (Å²) in [5, 5.41) is 3.47. The summed E-state index contributed by atoms with van der Waals surface area (Å²) in [6.07, 6.45) is 5.98. The van der Waals surface area contributed by atoms with Gasteiger partial charge in [0.05, 0.1) is 18.8 Å². The lowest BCUT2D eigenvalue weighted by atomic mass is 10.1. The number of hydrogen-bond donors (Lipinski definition) is 1. The van der Waals surface area contributed by atoms with Crippen LogP contribution < -0.4 is 5.32 Å². The highest BCUT2D eigenvalue weighted by Crippen LogP contribution is 2.24.